The molecular formula is C55H64N8O6. The number of aldehydes is 3. The van der Waals surface area contributed by atoms with Crippen molar-refractivity contribution in [3.8, 4) is 34.2 Å². The van der Waals surface area contributed by atoms with Crippen LogP contribution in [0.5, 0.6) is 0 Å². The van der Waals surface area contributed by atoms with Gasteiger partial charge in [-0.15, -0.1) is 0 Å². The lowest BCUT2D eigenvalue weighted by atomic mass is 9.98. The van der Waals surface area contributed by atoms with Crippen LogP contribution in [-0.2, 0) is 20.9 Å². The third-order valence-electron chi connectivity index (χ3n) is 11.5. The summed E-state index contributed by atoms with van der Waals surface area (Å²) >= 11 is 0. The average molecular weight is 933 g/mol. The first-order valence-electron chi connectivity index (χ1n) is 23.5. The van der Waals surface area contributed by atoms with E-state index in [1.165, 1.54) is 43.6 Å². The highest BCUT2D eigenvalue weighted by molar-refractivity contribution is 6.08. The fourth-order valence-electron chi connectivity index (χ4n) is 8.08. The second-order valence-corrected chi connectivity index (χ2v) is 16.7. The Kier molecular flexibility index (Phi) is 21.3. The van der Waals surface area contributed by atoms with Crippen molar-refractivity contribution in [3.05, 3.63) is 132 Å². The lowest BCUT2D eigenvalue weighted by molar-refractivity contribution is -0.119. The number of amides is 2. The molecule has 2 amide bonds. The zero-order chi connectivity index (χ0) is 49.4. The van der Waals surface area contributed by atoms with Crippen LogP contribution in [-0.4, -0.2) is 102 Å². The summed E-state index contributed by atoms with van der Waals surface area (Å²) in [5, 5.41) is 18.3. The second kappa shape index (κ2) is 28.0. The Morgan fingerprint density at radius 2 is 1.59 bits per heavy atom. The molecule has 7 rings (SSSR count). The molecule has 14 nitrogen and oxygen atoms in total. The van der Waals surface area contributed by atoms with Crippen molar-refractivity contribution in [3.63, 3.8) is 0 Å². The van der Waals surface area contributed by atoms with Gasteiger partial charge in [-0.2, -0.15) is 0 Å². The molecule has 1 aliphatic rings. The maximum atomic E-state index is 13.4. The highest BCUT2D eigenvalue weighted by Crippen LogP contribution is 2.42. The number of nitrogens with two attached hydrogens (primary N) is 1. The van der Waals surface area contributed by atoms with E-state index in [4.69, 9.17) is 15.8 Å². The third-order valence-corrected chi connectivity index (χ3v) is 11.5. The van der Waals surface area contributed by atoms with Crippen LogP contribution in [0.2, 0.25) is 0 Å². The van der Waals surface area contributed by atoms with Gasteiger partial charge in [0.15, 0.2) is 6.29 Å². The van der Waals surface area contributed by atoms with Crippen molar-refractivity contribution in [1.82, 2.24) is 30.1 Å². The second-order valence-electron chi connectivity index (χ2n) is 16.7. The van der Waals surface area contributed by atoms with Gasteiger partial charge in [0.1, 0.15) is 30.4 Å². The summed E-state index contributed by atoms with van der Waals surface area (Å²) in [4.78, 5) is 70.6. The number of nitrogen functional groups attached to an aromatic ring is 1. The van der Waals surface area contributed by atoms with E-state index in [0.29, 0.717) is 50.6 Å². The van der Waals surface area contributed by atoms with Gasteiger partial charge < -0.3 is 45.8 Å². The van der Waals surface area contributed by atoms with Crippen molar-refractivity contribution in [1.29, 1.82) is 0 Å². The molecule has 4 aromatic carbocycles. The Morgan fingerprint density at radius 1 is 0.899 bits per heavy atom. The fourth-order valence-corrected chi connectivity index (χ4v) is 8.08. The molecule has 1 unspecified atom stereocenters. The number of aliphatic hydroxyl groups excluding tert-OH is 1. The molecule has 0 bridgehead atoms. The maximum Gasteiger partial charge on any atom is 0.257 e. The average Bonchev–Trinajstić information content (AvgIpc) is 3.71. The Labute approximate surface area is 405 Å². The van der Waals surface area contributed by atoms with Crippen molar-refractivity contribution < 1.29 is 29.1 Å². The van der Waals surface area contributed by atoms with Crippen LogP contribution in [0.25, 0.3) is 33.4 Å². The number of likely N-dealkylation sites (N-methyl/N-ethyl adjacent to an activating group) is 1. The van der Waals surface area contributed by atoms with Crippen LogP contribution >= 0.6 is 0 Å². The van der Waals surface area contributed by atoms with E-state index in [-0.39, 0.29) is 48.2 Å². The maximum absolute atomic E-state index is 13.4. The smallest absolute Gasteiger partial charge is 0.257 e. The van der Waals surface area contributed by atoms with E-state index in [9.17, 15) is 24.0 Å². The largest absolute Gasteiger partial charge is 0.393 e. The summed E-state index contributed by atoms with van der Waals surface area (Å²) in [6.07, 6.45) is 11.6. The minimum Gasteiger partial charge on any atom is -0.393 e. The number of benzene rings is 4. The van der Waals surface area contributed by atoms with Crippen LogP contribution in [0.15, 0.2) is 109 Å². The number of nitrogens with zero attached hydrogens (tertiary/aromatic N) is 4. The molecule has 1 aliphatic carbocycles. The number of carbonyl (C=O) groups excluding carboxylic acids is 5. The number of hydrogen-bond acceptors (Lipinski definition) is 11. The third kappa shape index (κ3) is 15.0. The van der Waals surface area contributed by atoms with Gasteiger partial charge in [0.2, 0.25) is 5.91 Å². The molecule has 360 valence electrons. The lowest BCUT2D eigenvalue weighted by Gasteiger charge is -2.25. The predicted octanol–water partition coefficient (Wildman–Crippen LogP) is 7.72. The number of aromatic nitrogens is 3. The van der Waals surface area contributed by atoms with E-state index in [1.807, 2.05) is 62.6 Å². The first-order valence-corrected chi connectivity index (χ1v) is 23.5. The van der Waals surface area contributed by atoms with Crippen LogP contribution < -0.4 is 21.7 Å². The molecule has 0 spiro atoms. The van der Waals surface area contributed by atoms with Gasteiger partial charge >= 0.3 is 0 Å². The number of aliphatic hydroxyl groups is 1. The topological polar surface area (TPSA) is 202 Å². The highest BCUT2D eigenvalue weighted by atomic mass is 16.3. The molecule has 2 aromatic heterocycles. The van der Waals surface area contributed by atoms with Crippen LogP contribution in [0.4, 0.5) is 11.5 Å². The molecule has 1 fully saturated rings. The van der Waals surface area contributed by atoms with E-state index in [2.05, 4.69) is 73.7 Å². The molecule has 0 radical (unpaired) electrons. The number of unbranched alkanes of at least 4 members (excludes halogenated alkanes) is 2. The number of fused-ring (bicyclic) bond motifs is 1. The van der Waals surface area contributed by atoms with E-state index < -0.39 is 11.9 Å². The normalized spacial score (nSPS) is 12.4. The van der Waals surface area contributed by atoms with Crippen LogP contribution in [0, 0.1) is 11.8 Å². The molecule has 6 N–H and O–H groups in total. The number of rotatable bonds is 18. The zero-order valence-electron chi connectivity index (χ0n) is 39.8. The molecule has 0 aliphatic heterocycles. The van der Waals surface area contributed by atoms with E-state index in [1.54, 1.807) is 12.1 Å². The van der Waals surface area contributed by atoms with Crippen molar-refractivity contribution >= 4 is 53.2 Å². The summed E-state index contributed by atoms with van der Waals surface area (Å²) in [5.74, 6) is 6.12. The molecule has 0 saturated heterocycles. The number of nitrogens with one attached hydrogen (secondary N) is 3. The van der Waals surface area contributed by atoms with Crippen LogP contribution in [0.3, 0.4) is 0 Å². The summed E-state index contributed by atoms with van der Waals surface area (Å²) in [7, 11) is 5.19. The monoisotopic (exact) mass is 932 g/mol. The van der Waals surface area contributed by atoms with Gasteiger partial charge in [-0.3, -0.25) is 14.4 Å². The number of hydrogen-bond donors (Lipinski definition) is 5. The molecule has 6 aromatic rings. The van der Waals surface area contributed by atoms with Gasteiger partial charge in [-0.05, 0) is 81.1 Å². The van der Waals surface area contributed by atoms with E-state index in [0.717, 1.165) is 63.8 Å². The molecule has 1 saturated carbocycles. The standard InChI is InChI=1S/C47H45N7O5.C6H12O.C2H7N/c1-53(38(31-57)23-14-26-55)47(59)41-37(30-56)22-13-24-39(41)50-28-40(58)49-25-11-3-2-6-15-33-16-12-17-34(27-33)29-54-44(36-20-9-5-10-21-36)42(35-18-7-4-8-19-35)43-45(48)51-32-52-46(43)54;7-6-4-2-1-3-5-6;1-3-2/h4-5,7-10,12-13,16-22,24,26-27,30-32,38,50H,2-3,11,14,23,25,28-29H2,1H3,(H,49,58)(H2,48,51,52);6-7H,1-5H2;3H,1-2H3. The molecule has 69 heavy (non-hydrogen) atoms. The van der Waals surface area contributed by atoms with Gasteiger partial charge in [0.05, 0.1) is 35.3 Å². The Balaban J connectivity index is 0.000000796. The number of anilines is 2. The first kappa shape index (κ1) is 52.5. The van der Waals surface area contributed by atoms with Gasteiger partial charge in [0.25, 0.3) is 5.91 Å². The molecular weight excluding hydrogens is 869 g/mol. The summed E-state index contributed by atoms with van der Waals surface area (Å²) in [6, 6.07) is 32.4. The molecule has 2 heterocycles. The Morgan fingerprint density at radius 3 is 2.25 bits per heavy atom. The molecule has 1 atom stereocenters. The fraction of sp³-hybridized carbons (Fsp3) is 0.327. The minimum atomic E-state index is -0.839. The van der Waals surface area contributed by atoms with Gasteiger partial charge in [0, 0.05) is 55.4 Å². The molecule has 14 heteroatoms. The summed E-state index contributed by atoms with van der Waals surface area (Å²) in [5.41, 5.74) is 13.7. The van der Waals surface area contributed by atoms with Gasteiger partial charge in [-0.25, -0.2) is 9.97 Å². The number of carbonyl (C=O) groups is 5. The van der Waals surface area contributed by atoms with Gasteiger partial charge in [-0.1, -0.05) is 116 Å². The lowest BCUT2D eigenvalue weighted by Crippen LogP contribution is -2.39. The van der Waals surface area contributed by atoms with E-state index >= 15 is 0 Å². The summed E-state index contributed by atoms with van der Waals surface area (Å²) < 4.78 is 2.20. The van der Waals surface area contributed by atoms with Crippen molar-refractivity contribution in [2.75, 3.05) is 45.3 Å². The zero-order valence-corrected chi connectivity index (χ0v) is 39.8. The summed E-state index contributed by atoms with van der Waals surface area (Å²) in [6.45, 7) is 0.838. The Bertz CT molecular complexity index is 2670. The minimum absolute atomic E-state index is 0.0359. The van der Waals surface area contributed by atoms with Crippen molar-refractivity contribution in [2.24, 2.45) is 0 Å². The quantitative estimate of drug-likeness (QED) is 0.0321. The SMILES string of the molecule is CN(C(=O)c1c(C=O)cccc1NCC(=O)NCCCCC#Cc1cccc(Cn2c(-c3ccccc3)c(-c3ccccc3)c3c(N)ncnc32)c1)C(C=O)CCC=O.CNC.OC1CCCCC1. The van der Waals surface area contributed by atoms with Crippen LogP contribution in [0.1, 0.15) is 96.1 Å². The first-order chi connectivity index (χ1) is 33.6. The van der Waals surface area contributed by atoms with Crippen molar-refractivity contribution in [2.45, 2.75) is 82.9 Å². The predicted molar refractivity (Wildman–Crippen MR) is 274 cm³/mol. The Hall–Kier alpha value is -7.47. The highest BCUT2D eigenvalue weighted by Gasteiger charge is 2.26.